The lowest BCUT2D eigenvalue weighted by molar-refractivity contribution is -0.123. The highest BCUT2D eigenvalue weighted by Gasteiger charge is 2.58. The van der Waals surface area contributed by atoms with Crippen LogP contribution < -0.4 is 4.74 Å². The Balaban J connectivity index is 2.28. The number of phenols is 1. The lowest BCUT2D eigenvalue weighted by atomic mass is 9.80. The van der Waals surface area contributed by atoms with Crippen LogP contribution in [0, 0.1) is 6.92 Å². The van der Waals surface area contributed by atoms with Gasteiger partial charge in [-0.15, -0.1) is 0 Å². The van der Waals surface area contributed by atoms with Crippen molar-refractivity contribution in [1.29, 1.82) is 0 Å². The second-order valence-corrected chi connectivity index (χ2v) is 5.91. The highest BCUT2D eigenvalue weighted by molar-refractivity contribution is 6.37. The van der Waals surface area contributed by atoms with E-state index in [0.717, 1.165) is 6.08 Å². The van der Waals surface area contributed by atoms with E-state index in [-0.39, 0.29) is 32.7 Å². The number of ketones is 2. The number of hydrogen-bond acceptors (Lipinski definition) is 5. The zero-order chi connectivity index (χ0) is 16.4. The molecule has 0 amide bonds. The third-order valence-electron chi connectivity index (χ3n) is 3.95. The normalized spacial score (nSPS) is 23.7. The standard InChI is InChI=1S/C15H10Cl2O5/c1-5-11-9(3-7(18)12(5)16)22-15(14(11)21)6(2)13(17)8(19)4-10(15)20/h3-4,18-19H,1-2H3. The number of fused-ring (bicyclic) bond motifs is 1. The van der Waals surface area contributed by atoms with Crippen molar-refractivity contribution < 1.29 is 24.5 Å². The van der Waals surface area contributed by atoms with Crippen LogP contribution in [-0.2, 0) is 4.79 Å². The lowest BCUT2D eigenvalue weighted by Gasteiger charge is -2.29. The van der Waals surface area contributed by atoms with Crippen LogP contribution in [-0.4, -0.2) is 27.4 Å². The predicted molar refractivity (Wildman–Crippen MR) is 79.8 cm³/mol. The van der Waals surface area contributed by atoms with Gasteiger partial charge in [0, 0.05) is 17.7 Å². The first-order valence-corrected chi connectivity index (χ1v) is 7.05. The molecule has 1 aromatic rings. The van der Waals surface area contributed by atoms with E-state index >= 15 is 0 Å². The van der Waals surface area contributed by atoms with Crippen LogP contribution in [0.2, 0.25) is 5.02 Å². The lowest BCUT2D eigenvalue weighted by Crippen LogP contribution is -2.50. The Morgan fingerprint density at radius 3 is 2.45 bits per heavy atom. The Labute approximate surface area is 135 Å². The average molecular weight is 341 g/mol. The van der Waals surface area contributed by atoms with Gasteiger partial charge in [-0.25, -0.2) is 0 Å². The molecular weight excluding hydrogens is 331 g/mol. The number of aliphatic hydroxyl groups excluding tert-OH is 1. The summed E-state index contributed by atoms with van der Waals surface area (Å²) in [6.07, 6.45) is 0.857. The number of carbonyl (C=O) groups excluding carboxylic acids is 2. The van der Waals surface area contributed by atoms with E-state index in [0.29, 0.717) is 5.56 Å². The monoisotopic (exact) mass is 340 g/mol. The third kappa shape index (κ3) is 1.61. The molecule has 0 saturated carbocycles. The number of carbonyl (C=O) groups is 2. The number of aromatic hydroxyl groups is 1. The Hall–Kier alpha value is -1.98. The van der Waals surface area contributed by atoms with E-state index in [2.05, 4.69) is 0 Å². The number of aliphatic hydroxyl groups is 1. The molecule has 7 heteroatoms. The molecule has 1 aliphatic heterocycles. The average Bonchev–Trinajstić information content (AvgIpc) is 2.75. The fourth-order valence-corrected chi connectivity index (χ4v) is 3.06. The summed E-state index contributed by atoms with van der Waals surface area (Å²) in [6.45, 7) is 2.98. The summed E-state index contributed by atoms with van der Waals surface area (Å²) in [4.78, 5) is 25.2. The zero-order valence-electron chi connectivity index (χ0n) is 11.5. The van der Waals surface area contributed by atoms with Gasteiger partial charge in [-0.1, -0.05) is 23.2 Å². The summed E-state index contributed by atoms with van der Waals surface area (Å²) < 4.78 is 5.59. The largest absolute Gasteiger partial charge is 0.506 e. The molecular formula is C15H10Cl2O5. The molecule has 114 valence electrons. The zero-order valence-corrected chi connectivity index (χ0v) is 13.0. The van der Waals surface area contributed by atoms with Crippen molar-refractivity contribution >= 4 is 34.8 Å². The molecule has 22 heavy (non-hydrogen) atoms. The molecule has 2 N–H and O–H groups in total. The first-order valence-electron chi connectivity index (χ1n) is 6.30. The van der Waals surface area contributed by atoms with Gasteiger partial charge in [0.25, 0.3) is 5.60 Å². The Morgan fingerprint density at radius 1 is 1.18 bits per heavy atom. The van der Waals surface area contributed by atoms with E-state index in [1.807, 2.05) is 0 Å². The topological polar surface area (TPSA) is 83.8 Å². The minimum atomic E-state index is -1.95. The van der Waals surface area contributed by atoms with Gasteiger partial charge in [-0.05, 0) is 19.4 Å². The summed E-state index contributed by atoms with van der Waals surface area (Å²) in [5, 5.41) is 19.3. The van der Waals surface area contributed by atoms with E-state index in [1.165, 1.54) is 13.0 Å². The molecule has 0 fully saturated rings. The molecule has 1 aliphatic carbocycles. The van der Waals surface area contributed by atoms with Gasteiger partial charge in [0.05, 0.1) is 15.6 Å². The summed E-state index contributed by atoms with van der Waals surface area (Å²) >= 11 is 11.9. The molecule has 5 nitrogen and oxygen atoms in total. The Morgan fingerprint density at radius 2 is 1.82 bits per heavy atom. The molecule has 1 heterocycles. The van der Waals surface area contributed by atoms with E-state index in [4.69, 9.17) is 27.9 Å². The van der Waals surface area contributed by atoms with Crippen molar-refractivity contribution in [3.05, 3.63) is 44.7 Å². The maximum Gasteiger partial charge on any atom is 0.256 e. The van der Waals surface area contributed by atoms with Crippen LogP contribution >= 0.6 is 23.2 Å². The van der Waals surface area contributed by atoms with Gasteiger partial charge in [-0.2, -0.15) is 0 Å². The fourth-order valence-electron chi connectivity index (χ4n) is 2.73. The van der Waals surface area contributed by atoms with Crippen molar-refractivity contribution in [1.82, 2.24) is 0 Å². The van der Waals surface area contributed by atoms with Gasteiger partial charge in [-0.3, -0.25) is 9.59 Å². The first kappa shape index (κ1) is 14.9. The second kappa shape index (κ2) is 4.51. The number of benzene rings is 1. The number of ether oxygens (including phenoxy) is 1. The third-order valence-corrected chi connectivity index (χ3v) is 4.90. The molecule has 0 bridgehead atoms. The minimum Gasteiger partial charge on any atom is -0.506 e. The van der Waals surface area contributed by atoms with Crippen LogP contribution in [0.4, 0.5) is 0 Å². The fraction of sp³-hybridized carbons (Fsp3) is 0.200. The van der Waals surface area contributed by atoms with Gasteiger partial charge in [0.1, 0.15) is 17.3 Å². The summed E-state index contributed by atoms with van der Waals surface area (Å²) in [6, 6.07) is 1.18. The molecule has 1 atom stereocenters. The predicted octanol–water partition coefficient (Wildman–Crippen LogP) is 3.21. The quantitative estimate of drug-likeness (QED) is 0.708. The van der Waals surface area contributed by atoms with Crippen molar-refractivity contribution in [3.63, 3.8) is 0 Å². The van der Waals surface area contributed by atoms with Crippen molar-refractivity contribution in [2.45, 2.75) is 19.4 Å². The van der Waals surface area contributed by atoms with Gasteiger partial charge in [0.2, 0.25) is 11.6 Å². The smallest absolute Gasteiger partial charge is 0.256 e. The molecule has 0 radical (unpaired) electrons. The van der Waals surface area contributed by atoms with Crippen LogP contribution in [0.3, 0.4) is 0 Å². The molecule has 3 rings (SSSR count). The van der Waals surface area contributed by atoms with E-state index < -0.39 is 22.9 Å². The van der Waals surface area contributed by atoms with Gasteiger partial charge >= 0.3 is 0 Å². The molecule has 0 aromatic heterocycles. The van der Waals surface area contributed by atoms with Gasteiger partial charge < -0.3 is 14.9 Å². The van der Waals surface area contributed by atoms with Crippen LogP contribution in [0.5, 0.6) is 11.5 Å². The number of rotatable bonds is 0. The Bertz CT molecular complexity index is 822. The van der Waals surface area contributed by atoms with E-state index in [9.17, 15) is 19.8 Å². The van der Waals surface area contributed by atoms with Crippen molar-refractivity contribution in [3.8, 4) is 11.5 Å². The molecule has 1 unspecified atom stereocenters. The highest BCUT2D eigenvalue weighted by Crippen LogP contribution is 2.48. The van der Waals surface area contributed by atoms with Crippen LogP contribution in [0.1, 0.15) is 22.8 Å². The maximum absolute atomic E-state index is 12.8. The van der Waals surface area contributed by atoms with Gasteiger partial charge in [0.15, 0.2) is 0 Å². The number of halogens is 2. The number of Topliss-reactive ketones (excluding diaryl/α,β-unsaturated/α-hetero) is 1. The van der Waals surface area contributed by atoms with Crippen LogP contribution in [0.15, 0.2) is 28.5 Å². The number of phenolic OH excluding ortho intramolecular Hbond substituents is 1. The van der Waals surface area contributed by atoms with E-state index in [1.54, 1.807) is 6.92 Å². The minimum absolute atomic E-state index is 0.0159. The molecule has 1 spiro atoms. The SMILES string of the molecule is CC1=C(Cl)C(O)=CC(=O)C12Oc1cc(O)c(Cl)c(C)c1C2=O. The number of allylic oxidation sites excluding steroid dienone is 1. The summed E-state index contributed by atoms with van der Waals surface area (Å²) in [7, 11) is 0. The first-order chi connectivity index (χ1) is 10.2. The van der Waals surface area contributed by atoms with Crippen LogP contribution in [0.25, 0.3) is 0 Å². The summed E-state index contributed by atoms with van der Waals surface area (Å²) in [5.74, 6) is -1.97. The summed E-state index contributed by atoms with van der Waals surface area (Å²) in [5.41, 5.74) is -1.42. The van der Waals surface area contributed by atoms with Crippen molar-refractivity contribution in [2.75, 3.05) is 0 Å². The molecule has 2 aliphatic rings. The van der Waals surface area contributed by atoms with Crippen molar-refractivity contribution in [2.24, 2.45) is 0 Å². The maximum atomic E-state index is 12.8. The Kier molecular flexibility index (Phi) is 3.06. The molecule has 0 saturated heterocycles. The molecule has 1 aromatic carbocycles. The number of hydrogen-bond donors (Lipinski definition) is 2. The highest BCUT2D eigenvalue weighted by atomic mass is 35.5. The second-order valence-electron chi connectivity index (χ2n) is 5.15.